The van der Waals surface area contributed by atoms with E-state index in [1.165, 1.54) is 72.8 Å². The number of para-hydroxylation sites is 3. The first-order valence-corrected chi connectivity index (χ1v) is 8.13. The Morgan fingerprint density at radius 1 is 0.484 bits per heavy atom. The van der Waals surface area contributed by atoms with Crippen molar-refractivity contribution in [2.75, 3.05) is 0 Å². The van der Waals surface area contributed by atoms with Crippen LogP contribution in [0.1, 0.15) is 31.1 Å². The van der Waals surface area contributed by atoms with Gasteiger partial charge in [-0.2, -0.15) is 0 Å². The van der Waals surface area contributed by atoms with E-state index in [-0.39, 0.29) is 36.2 Å². The van der Waals surface area contributed by atoms with E-state index in [1.54, 1.807) is 0 Å². The predicted molar refractivity (Wildman–Crippen MR) is 98.5 cm³/mol. The van der Waals surface area contributed by atoms with Gasteiger partial charge in [0.15, 0.2) is 0 Å². The molecule has 0 aliphatic carbocycles. The minimum absolute atomic E-state index is 0. The van der Waals surface area contributed by atoms with E-state index in [0.29, 0.717) is 0 Å². The topological polar surface area (TPSA) is 181 Å². The molecule has 0 fully saturated rings. The molecule has 0 aromatic heterocycles. The standard InChI is InChI=1S/3C7H6O3.Rh/c3*8-6-4-2-1-3-5(6)7(9)10;/h3*1-4,8H,(H,9,10);/q;;;+3/p-3. The minimum Gasteiger partial charge on any atom is -0.872 e. The summed E-state index contributed by atoms with van der Waals surface area (Å²) in [5.74, 6) is -4.87. The van der Waals surface area contributed by atoms with Gasteiger partial charge in [-0.25, -0.2) is 14.4 Å². The van der Waals surface area contributed by atoms with Crippen molar-refractivity contribution in [1.29, 1.82) is 0 Å². The monoisotopic (exact) mass is 514 g/mol. The molecule has 3 rings (SSSR count). The maximum atomic E-state index is 10.7. The third kappa shape index (κ3) is 8.97. The number of hydrogen-bond donors (Lipinski definition) is 3. The Labute approximate surface area is 189 Å². The number of benzene rings is 3. The Morgan fingerprint density at radius 2 is 0.677 bits per heavy atom. The van der Waals surface area contributed by atoms with Crippen LogP contribution in [0.5, 0.6) is 17.2 Å². The SMILES string of the molecule is O=C(O)c1ccccc1[O-].O=C(O)c1ccccc1[O-].O=C(O)c1ccccc1[O-].[Rh+3]. The first kappa shape index (κ1) is 27.1. The van der Waals surface area contributed by atoms with Crippen molar-refractivity contribution in [2.45, 2.75) is 0 Å². The molecule has 0 radical (unpaired) electrons. The van der Waals surface area contributed by atoms with Crippen LogP contribution in [0, 0.1) is 0 Å². The van der Waals surface area contributed by atoms with Gasteiger partial charge in [0.2, 0.25) is 0 Å². The maximum absolute atomic E-state index is 10.7. The van der Waals surface area contributed by atoms with E-state index < -0.39 is 35.2 Å². The van der Waals surface area contributed by atoms with Gasteiger partial charge in [0.05, 0.1) is 16.7 Å². The predicted octanol–water partition coefficient (Wildman–Crippen LogP) is 1.37. The largest absolute Gasteiger partial charge is 3.00 e. The average molecular weight is 514 g/mol. The fraction of sp³-hybridized carbons (Fsp3) is 0. The van der Waals surface area contributed by atoms with E-state index in [4.69, 9.17) is 15.3 Å². The van der Waals surface area contributed by atoms with Gasteiger partial charge in [0.1, 0.15) is 0 Å². The first-order valence-electron chi connectivity index (χ1n) is 8.13. The number of carboxylic acid groups (broad SMARTS) is 3. The number of carbonyl (C=O) groups is 3. The number of aromatic carboxylic acids is 3. The summed E-state index contributed by atoms with van der Waals surface area (Å²) in [5, 5.41) is 57.1. The van der Waals surface area contributed by atoms with Gasteiger partial charge in [-0.3, -0.25) is 0 Å². The van der Waals surface area contributed by atoms with Crippen molar-refractivity contribution in [3.63, 3.8) is 0 Å². The van der Waals surface area contributed by atoms with Gasteiger partial charge in [-0.05, 0) is 18.2 Å². The van der Waals surface area contributed by atoms with Crippen LogP contribution in [0.4, 0.5) is 0 Å². The summed E-state index contributed by atoms with van der Waals surface area (Å²) < 4.78 is 0. The second-order valence-corrected chi connectivity index (χ2v) is 5.40. The number of rotatable bonds is 3. The summed E-state index contributed by atoms with van der Waals surface area (Å²) in [6, 6.07) is 16.6. The van der Waals surface area contributed by atoms with Crippen LogP contribution in [0.3, 0.4) is 0 Å². The van der Waals surface area contributed by atoms with Gasteiger partial charge in [-0.1, -0.05) is 71.8 Å². The van der Waals surface area contributed by atoms with Crippen molar-refractivity contribution in [3.8, 4) is 17.2 Å². The number of carboxylic acids is 3. The molecule has 0 heterocycles. The van der Waals surface area contributed by atoms with E-state index in [9.17, 15) is 29.7 Å². The summed E-state index contributed by atoms with van der Waals surface area (Å²) in [7, 11) is 0. The summed E-state index contributed by atoms with van der Waals surface area (Å²) in [5.41, 5.74) is -0.535. The van der Waals surface area contributed by atoms with Crippen LogP contribution >= 0.6 is 0 Å². The Bertz CT molecular complexity index is 903. The van der Waals surface area contributed by atoms with E-state index in [1.807, 2.05) is 0 Å². The van der Waals surface area contributed by atoms with Gasteiger partial charge in [0, 0.05) is 0 Å². The second kappa shape index (κ2) is 13.3. The fourth-order valence-electron chi connectivity index (χ4n) is 1.93. The van der Waals surface area contributed by atoms with Crippen molar-refractivity contribution in [2.24, 2.45) is 0 Å². The summed E-state index contributed by atoms with van der Waals surface area (Å²) >= 11 is 0. The maximum Gasteiger partial charge on any atom is 3.00 e. The normalized spacial score (nSPS) is 8.90. The molecule has 0 spiro atoms. The minimum atomic E-state index is -1.18. The van der Waals surface area contributed by atoms with Gasteiger partial charge in [-0.15, -0.1) is 0 Å². The molecular weight excluding hydrogens is 499 g/mol. The molecule has 0 aliphatic rings. The van der Waals surface area contributed by atoms with E-state index in [2.05, 4.69) is 0 Å². The molecule has 0 bridgehead atoms. The quantitative estimate of drug-likeness (QED) is 0.435. The van der Waals surface area contributed by atoms with Crippen LogP contribution in [-0.2, 0) is 19.5 Å². The van der Waals surface area contributed by atoms with Crippen molar-refractivity contribution in [3.05, 3.63) is 89.5 Å². The van der Waals surface area contributed by atoms with Crippen molar-refractivity contribution >= 4 is 17.9 Å². The average Bonchev–Trinajstić information content (AvgIpc) is 2.69. The van der Waals surface area contributed by atoms with Gasteiger partial charge >= 0.3 is 37.4 Å². The third-order valence-corrected chi connectivity index (χ3v) is 3.35. The molecule has 3 aromatic carbocycles. The summed E-state index contributed by atoms with van der Waals surface area (Å²) in [4.78, 5) is 30.7. The molecule has 0 atom stereocenters. The Balaban J connectivity index is 0.000000429. The molecule has 0 saturated heterocycles. The molecule has 3 aromatic rings. The van der Waals surface area contributed by atoms with Crippen LogP contribution in [0.25, 0.3) is 0 Å². The third-order valence-electron chi connectivity index (χ3n) is 3.35. The molecule has 31 heavy (non-hydrogen) atoms. The van der Waals surface area contributed by atoms with Crippen LogP contribution in [-0.4, -0.2) is 33.2 Å². The zero-order valence-corrected chi connectivity index (χ0v) is 17.2. The summed E-state index contributed by atoms with van der Waals surface area (Å²) in [6.45, 7) is 0. The summed E-state index contributed by atoms with van der Waals surface area (Å²) in [6.07, 6.45) is 0. The number of hydrogen-bond acceptors (Lipinski definition) is 6. The van der Waals surface area contributed by atoms with Crippen molar-refractivity contribution < 1.29 is 64.5 Å². The van der Waals surface area contributed by atoms with Crippen LogP contribution in [0.15, 0.2) is 72.8 Å². The Hall–Kier alpha value is -3.91. The fourth-order valence-corrected chi connectivity index (χ4v) is 1.93. The van der Waals surface area contributed by atoms with Gasteiger partial charge < -0.3 is 30.6 Å². The van der Waals surface area contributed by atoms with E-state index >= 15 is 0 Å². The molecule has 10 heteroatoms. The molecule has 0 amide bonds. The molecule has 0 unspecified atom stereocenters. The Morgan fingerprint density at radius 3 is 0.806 bits per heavy atom. The molecule has 0 saturated carbocycles. The molecule has 162 valence electrons. The van der Waals surface area contributed by atoms with Crippen molar-refractivity contribution in [1.82, 2.24) is 0 Å². The van der Waals surface area contributed by atoms with Gasteiger partial charge in [0.25, 0.3) is 0 Å². The zero-order valence-electron chi connectivity index (χ0n) is 15.6. The zero-order chi connectivity index (χ0) is 22.7. The van der Waals surface area contributed by atoms with Crippen LogP contribution in [0.2, 0.25) is 0 Å². The Kier molecular flexibility index (Phi) is 11.7. The second-order valence-electron chi connectivity index (χ2n) is 5.40. The molecule has 3 N–H and O–H groups in total. The molecule has 0 aliphatic heterocycles. The molecule has 9 nitrogen and oxygen atoms in total. The first-order chi connectivity index (χ1) is 14.1. The van der Waals surface area contributed by atoms with E-state index in [0.717, 1.165) is 0 Å². The van der Waals surface area contributed by atoms with Crippen LogP contribution < -0.4 is 15.3 Å². The smallest absolute Gasteiger partial charge is 0.872 e. The molecular formula is C21H15O9Rh.